The number of carbonyl (C=O) groups excluding carboxylic acids is 4. The maximum absolute atomic E-state index is 14.1. The average molecular weight is 817 g/mol. The molecule has 0 saturated heterocycles. The van der Waals surface area contributed by atoms with Crippen LogP contribution in [0.1, 0.15) is 48.5 Å². The van der Waals surface area contributed by atoms with Crippen molar-refractivity contribution in [3.63, 3.8) is 0 Å². The summed E-state index contributed by atoms with van der Waals surface area (Å²) in [6, 6.07) is 14.4. The molecule has 2 aromatic carbocycles. The van der Waals surface area contributed by atoms with Crippen molar-refractivity contribution in [1.29, 1.82) is 0 Å². The third-order valence-corrected chi connectivity index (χ3v) is 10.7. The molecule has 282 valence electrons. The summed E-state index contributed by atoms with van der Waals surface area (Å²) in [5.41, 5.74) is 1.21. The van der Waals surface area contributed by atoms with Gasteiger partial charge in [-0.15, -0.1) is 20.4 Å². The smallest absolute Gasteiger partial charge is 0.363 e. The molecule has 3 heterocycles. The molecular formula is C29H28N12O9S4. The second-order valence-electron chi connectivity index (χ2n) is 11.8. The maximum Gasteiger partial charge on any atom is 0.363 e. The molecule has 0 spiro atoms. The number of hydrazone groups is 1. The van der Waals surface area contributed by atoms with Crippen LogP contribution < -0.4 is 26.3 Å². The zero-order chi connectivity index (χ0) is 39.6. The van der Waals surface area contributed by atoms with E-state index in [2.05, 4.69) is 46.7 Å². The van der Waals surface area contributed by atoms with Gasteiger partial charge in [0.15, 0.2) is 11.5 Å². The first-order valence-corrected chi connectivity index (χ1v) is 19.7. The van der Waals surface area contributed by atoms with Crippen molar-refractivity contribution < 1.29 is 40.8 Å². The Bertz CT molecular complexity index is 2540. The topological polar surface area (TPSA) is 316 Å². The number of rotatable bonds is 12. The molecule has 2 amide bonds. The van der Waals surface area contributed by atoms with Gasteiger partial charge in [-0.05, 0) is 39.0 Å². The van der Waals surface area contributed by atoms with Crippen molar-refractivity contribution in [2.45, 2.75) is 42.0 Å². The van der Waals surface area contributed by atoms with Gasteiger partial charge < -0.3 is 4.74 Å². The van der Waals surface area contributed by atoms with Gasteiger partial charge in [-0.25, -0.2) is 36.6 Å². The molecule has 0 aliphatic rings. The molecule has 7 N–H and O–H groups in total. The van der Waals surface area contributed by atoms with E-state index in [9.17, 15) is 36.0 Å². The third kappa shape index (κ3) is 9.38. The lowest BCUT2D eigenvalue weighted by atomic mass is 10.0. The quantitative estimate of drug-likeness (QED) is 0.0394. The lowest BCUT2D eigenvalue weighted by Crippen LogP contribution is -2.32. The number of benzene rings is 2. The Morgan fingerprint density at radius 1 is 0.815 bits per heavy atom. The highest BCUT2D eigenvalue weighted by atomic mass is 32.3. The van der Waals surface area contributed by atoms with Crippen LogP contribution in [0.4, 0.5) is 16.0 Å². The highest BCUT2D eigenvalue weighted by Gasteiger charge is 2.32. The summed E-state index contributed by atoms with van der Waals surface area (Å²) >= 11 is 0.888. The van der Waals surface area contributed by atoms with Crippen LogP contribution in [0, 0.1) is 0 Å². The number of hydrogen-bond acceptors (Lipinski definition) is 18. The number of hydrogen-bond donors (Lipinski definition) is 5. The fourth-order valence-corrected chi connectivity index (χ4v) is 6.99. The van der Waals surface area contributed by atoms with Gasteiger partial charge in [0.05, 0.1) is 22.6 Å². The normalized spacial score (nSPS) is 12.2. The van der Waals surface area contributed by atoms with Gasteiger partial charge >= 0.3 is 5.97 Å². The van der Waals surface area contributed by atoms with Gasteiger partial charge in [0, 0.05) is 12.5 Å². The molecule has 3 aromatic heterocycles. The second-order valence-corrected chi connectivity index (χ2v) is 17.2. The van der Waals surface area contributed by atoms with E-state index < -0.39 is 69.3 Å². The Kier molecular flexibility index (Phi) is 11.1. The standard InChI is InChI=1S/C29H28N12O9S4/c1-14(42)19(24(45)50-29(2,3)4)35-34-16-11-8-12-17(13-16)41-21(15-9-6-5-7-10-15)18(22(43)32-25-36-38-27(51-25)53(30,46)47)20(40-41)23(44)33-26-37-39-28(52-26)54(31,48)49/h5-13,34H,1-4H3,(H2,30,46,47)(H2,31,48,49)(H,32,36,43)(H,33,37,44)/b35-19-. The minimum absolute atomic E-state index is 0.0377. The Morgan fingerprint density at radius 2 is 1.39 bits per heavy atom. The molecule has 0 aliphatic carbocycles. The van der Waals surface area contributed by atoms with Crippen LogP contribution in [0.25, 0.3) is 16.9 Å². The summed E-state index contributed by atoms with van der Waals surface area (Å²) in [5.74, 6) is -3.66. The van der Waals surface area contributed by atoms with Crippen molar-refractivity contribution in [1.82, 2.24) is 30.2 Å². The number of nitrogens with one attached hydrogen (secondary N) is 3. The predicted molar refractivity (Wildman–Crippen MR) is 195 cm³/mol. The van der Waals surface area contributed by atoms with E-state index in [1.807, 2.05) is 0 Å². The fraction of sp³-hybridized carbons (Fsp3) is 0.172. The first kappa shape index (κ1) is 39.3. The Morgan fingerprint density at radius 3 is 1.91 bits per heavy atom. The van der Waals surface area contributed by atoms with Gasteiger partial charge in [-0.3, -0.25) is 30.4 Å². The summed E-state index contributed by atoms with van der Waals surface area (Å²) < 4.78 is 52.5. The highest BCUT2D eigenvalue weighted by molar-refractivity contribution is 7.91. The Balaban J connectivity index is 1.65. The number of anilines is 3. The van der Waals surface area contributed by atoms with E-state index in [0.717, 1.165) is 6.92 Å². The number of ketones is 1. The number of nitrogens with zero attached hydrogens (tertiary/aromatic N) is 7. The number of sulfonamides is 2. The molecule has 0 atom stereocenters. The number of primary sulfonamides is 2. The largest absolute Gasteiger partial charge is 0.455 e. The van der Waals surface area contributed by atoms with Crippen molar-refractivity contribution in [3.05, 3.63) is 65.9 Å². The van der Waals surface area contributed by atoms with Gasteiger partial charge in [0.25, 0.3) is 31.9 Å². The highest BCUT2D eigenvalue weighted by Crippen LogP contribution is 2.32. The summed E-state index contributed by atoms with van der Waals surface area (Å²) in [5, 5.41) is 37.1. The van der Waals surface area contributed by atoms with Gasteiger partial charge in [-0.2, -0.15) is 10.2 Å². The minimum Gasteiger partial charge on any atom is -0.455 e. The van der Waals surface area contributed by atoms with Gasteiger partial charge in [-0.1, -0.05) is 59.1 Å². The number of amides is 2. The van der Waals surface area contributed by atoms with Crippen LogP contribution in [-0.4, -0.2) is 81.9 Å². The van der Waals surface area contributed by atoms with Crippen molar-refractivity contribution >= 4 is 87.9 Å². The van der Waals surface area contributed by atoms with E-state index in [1.165, 1.54) is 10.7 Å². The number of Topliss-reactive ketones (excluding diaryl/α,β-unsaturated/α-hetero) is 1. The van der Waals surface area contributed by atoms with Gasteiger partial charge in [0.2, 0.25) is 24.7 Å². The molecule has 0 fully saturated rings. The zero-order valence-electron chi connectivity index (χ0n) is 28.3. The van der Waals surface area contributed by atoms with Crippen molar-refractivity contribution in [2.24, 2.45) is 15.4 Å². The van der Waals surface area contributed by atoms with E-state index in [0.29, 0.717) is 28.2 Å². The summed E-state index contributed by atoms with van der Waals surface area (Å²) in [6.45, 7) is 6.03. The number of carbonyl (C=O) groups is 4. The molecule has 54 heavy (non-hydrogen) atoms. The van der Waals surface area contributed by atoms with Gasteiger partial charge in [0.1, 0.15) is 5.60 Å². The van der Waals surface area contributed by atoms with E-state index in [-0.39, 0.29) is 32.9 Å². The molecule has 25 heteroatoms. The lowest BCUT2D eigenvalue weighted by molar-refractivity contribution is -0.146. The van der Waals surface area contributed by atoms with Crippen LogP contribution in [0.5, 0.6) is 0 Å². The van der Waals surface area contributed by atoms with Crippen LogP contribution in [0.3, 0.4) is 0 Å². The lowest BCUT2D eigenvalue weighted by Gasteiger charge is -2.19. The molecule has 0 unspecified atom stereocenters. The summed E-state index contributed by atoms with van der Waals surface area (Å²) in [4.78, 5) is 52.8. The summed E-state index contributed by atoms with van der Waals surface area (Å²) in [7, 11) is -8.54. The van der Waals surface area contributed by atoms with Crippen molar-refractivity contribution in [3.8, 4) is 16.9 Å². The molecule has 0 radical (unpaired) electrons. The molecule has 0 saturated carbocycles. The number of nitrogens with two attached hydrogens (primary N) is 2. The van der Waals surface area contributed by atoms with E-state index in [1.54, 1.807) is 69.3 Å². The van der Waals surface area contributed by atoms with Crippen LogP contribution in [0.2, 0.25) is 0 Å². The van der Waals surface area contributed by atoms with Crippen LogP contribution in [0.15, 0.2) is 68.4 Å². The molecule has 0 aliphatic heterocycles. The second kappa shape index (κ2) is 15.2. The number of esters is 1. The SMILES string of the molecule is CC(=O)/C(=N/Nc1cccc(-n2nc(C(=O)Nc3nnc(S(N)(=O)=O)s3)c(C(=O)Nc3nnc(S(N)(=O)=O)s3)c2-c2ccccc2)c1)C(=O)OC(C)(C)C. The monoisotopic (exact) mass is 816 g/mol. The van der Waals surface area contributed by atoms with E-state index in [4.69, 9.17) is 15.0 Å². The van der Waals surface area contributed by atoms with Crippen LogP contribution in [-0.2, 0) is 34.4 Å². The Hall–Kier alpha value is -5.86. The molecule has 0 bridgehead atoms. The maximum atomic E-state index is 14.1. The fourth-order valence-electron chi connectivity index (χ4n) is 4.33. The first-order valence-electron chi connectivity index (χ1n) is 14.9. The molecule has 21 nitrogen and oxygen atoms in total. The number of aromatic nitrogens is 6. The Labute approximate surface area is 313 Å². The molecule has 5 rings (SSSR count). The first-order chi connectivity index (χ1) is 25.2. The molecule has 5 aromatic rings. The summed E-state index contributed by atoms with van der Waals surface area (Å²) in [6.07, 6.45) is 0. The van der Waals surface area contributed by atoms with Crippen LogP contribution >= 0.6 is 22.7 Å². The van der Waals surface area contributed by atoms with Crippen molar-refractivity contribution in [2.75, 3.05) is 16.1 Å². The van der Waals surface area contributed by atoms with E-state index >= 15 is 0 Å². The molecular weight excluding hydrogens is 789 g/mol. The number of ether oxygens (including phenoxy) is 1. The minimum atomic E-state index is -4.27. The zero-order valence-corrected chi connectivity index (χ0v) is 31.6. The third-order valence-electron chi connectivity index (χ3n) is 6.43. The average Bonchev–Trinajstić information content (AvgIpc) is 3.83. The predicted octanol–water partition coefficient (Wildman–Crippen LogP) is 1.74.